The summed E-state index contributed by atoms with van der Waals surface area (Å²) < 4.78 is 5.82. The third kappa shape index (κ3) is 12.1. The quantitative estimate of drug-likeness (QED) is 0.0353. The molecule has 3 aromatic carbocycles. The molecule has 0 amide bonds. The van der Waals surface area contributed by atoms with Crippen molar-refractivity contribution in [2.24, 2.45) is 5.41 Å². The van der Waals surface area contributed by atoms with Gasteiger partial charge >= 0.3 is 247 Å². The van der Waals surface area contributed by atoms with Crippen LogP contribution in [0.25, 0.3) is 0 Å². The van der Waals surface area contributed by atoms with E-state index in [1.54, 1.807) is 0 Å². The maximum absolute atomic E-state index is 13.6. The summed E-state index contributed by atoms with van der Waals surface area (Å²) in [6.07, 6.45) is 30.3. The van der Waals surface area contributed by atoms with E-state index in [4.69, 9.17) is 4.74 Å². The van der Waals surface area contributed by atoms with Crippen LogP contribution in [0.3, 0.4) is 0 Å². The summed E-state index contributed by atoms with van der Waals surface area (Å²) in [6.45, 7) is 10.5. The molecule has 0 saturated carbocycles. The Hall–Kier alpha value is -3.85. The van der Waals surface area contributed by atoms with Gasteiger partial charge in [0.2, 0.25) is 0 Å². The van der Waals surface area contributed by atoms with E-state index in [1.165, 1.54) is 41.6 Å². The summed E-state index contributed by atoms with van der Waals surface area (Å²) in [5.74, 6) is -0.379. The molecule has 3 aromatic rings. The molecule has 1 aliphatic rings. The molecule has 0 fully saturated rings. The average molecular weight is 836 g/mol. The molecule has 0 aromatic heterocycles. The minimum atomic E-state index is -3.10. The van der Waals surface area contributed by atoms with Crippen molar-refractivity contribution in [3.63, 3.8) is 0 Å². The number of halogens is 1. The second kappa shape index (κ2) is 22.2. The maximum atomic E-state index is 13.6. The third-order valence-corrected chi connectivity index (χ3v) is 20.5. The van der Waals surface area contributed by atoms with E-state index < -0.39 is 11.4 Å². The number of esters is 1. The Morgan fingerprint density at radius 1 is 0.768 bits per heavy atom. The molecule has 0 unspecified atom stereocenters. The second-order valence-electron chi connectivity index (χ2n) is 15.8. The van der Waals surface area contributed by atoms with Crippen molar-refractivity contribution in [3.05, 3.63) is 162 Å². The summed E-state index contributed by atoms with van der Waals surface area (Å²) in [5, 5.41) is 0.714. The van der Waals surface area contributed by atoms with Gasteiger partial charge in [-0.25, -0.2) is 0 Å². The number of ketones is 1. The number of Topliss-reactive ketones (excluding diaryl/α,β-unsaturated/α-hetero) is 1. The van der Waals surface area contributed by atoms with Gasteiger partial charge in [0.25, 0.3) is 0 Å². The van der Waals surface area contributed by atoms with E-state index in [0.717, 1.165) is 49.4 Å². The SMILES string of the molecule is CCCCC/C=C\C/C=C\C/C=C\CCCCC(=O)O[C@H]1CC(C)(C)C(C=CC(C)=CCP(Br)(c2ccccc2)(c2ccccc2)c2ccccc2)=C(C)C1=O. The van der Waals surface area contributed by atoms with E-state index in [0.29, 0.717) is 18.4 Å². The van der Waals surface area contributed by atoms with Gasteiger partial charge in [-0.2, -0.15) is 0 Å². The summed E-state index contributed by atoms with van der Waals surface area (Å²) in [6, 6.07) is 32.4. The van der Waals surface area contributed by atoms with Crippen LogP contribution in [0.5, 0.6) is 0 Å². The first-order valence-electron chi connectivity index (χ1n) is 20.7. The molecule has 5 heteroatoms. The van der Waals surface area contributed by atoms with Gasteiger partial charge in [0, 0.05) is 0 Å². The molecule has 4 rings (SSSR count). The number of carbonyl (C=O) groups excluding carboxylic acids is 2. The number of unbranched alkanes of at least 4 members (excludes halogenated alkanes) is 5. The molecule has 3 nitrogen and oxygen atoms in total. The Labute approximate surface area is 346 Å². The van der Waals surface area contributed by atoms with Crippen LogP contribution < -0.4 is 15.9 Å². The molecule has 0 bridgehead atoms. The average Bonchev–Trinajstić information content (AvgIpc) is 3.21. The van der Waals surface area contributed by atoms with Gasteiger partial charge in [0.05, 0.1) is 0 Å². The summed E-state index contributed by atoms with van der Waals surface area (Å²) in [5.41, 5.74) is 2.44. The number of ether oxygens (including phenoxy) is 1. The molecule has 1 aliphatic carbocycles. The number of allylic oxidation sites excluding steroid dienone is 11. The molecule has 0 spiro atoms. The number of carbonyl (C=O) groups is 2. The number of benzene rings is 3. The van der Waals surface area contributed by atoms with Crippen LogP contribution in [0, 0.1) is 5.41 Å². The Morgan fingerprint density at radius 3 is 1.75 bits per heavy atom. The van der Waals surface area contributed by atoms with Crippen molar-refractivity contribution in [1.29, 1.82) is 0 Å². The van der Waals surface area contributed by atoms with Crippen molar-refractivity contribution in [2.75, 3.05) is 6.16 Å². The molecular formula is C51H64BrO3P. The van der Waals surface area contributed by atoms with Gasteiger partial charge < -0.3 is 0 Å². The molecule has 298 valence electrons. The molecule has 0 N–H and O–H groups in total. The molecule has 1 atom stereocenters. The van der Waals surface area contributed by atoms with E-state index in [2.05, 4.69) is 189 Å². The van der Waals surface area contributed by atoms with Crippen LogP contribution in [-0.4, -0.2) is 24.0 Å². The molecular weight excluding hydrogens is 771 g/mol. The van der Waals surface area contributed by atoms with E-state index >= 15 is 0 Å². The van der Waals surface area contributed by atoms with Gasteiger partial charge in [0.15, 0.2) is 0 Å². The summed E-state index contributed by atoms with van der Waals surface area (Å²) >= 11 is 4.54. The fraction of sp³-hybridized carbons (Fsp3) is 0.373. The van der Waals surface area contributed by atoms with Crippen molar-refractivity contribution >= 4 is 48.5 Å². The Morgan fingerprint density at radius 2 is 1.25 bits per heavy atom. The Bertz CT molecular complexity index is 1780. The van der Waals surface area contributed by atoms with Crippen molar-refractivity contribution in [2.45, 2.75) is 111 Å². The van der Waals surface area contributed by atoms with Crippen LogP contribution in [-0.2, 0) is 14.3 Å². The second-order valence-corrected chi connectivity index (χ2v) is 24.7. The van der Waals surface area contributed by atoms with Gasteiger partial charge in [-0.15, -0.1) is 0 Å². The zero-order valence-electron chi connectivity index (χ0n) is 34.5. The van der Waals surface area contributed by atoms with Gasteiger partial charge in [-0.3, -0.25) is 0 Å². The standard InChI is InChI=1S/C51H64BrO3P/c1-6-7-8-9-10-11-12-13-14-15-16-17-18-19-29-36-49(53)55-48-41-51(4,5)47(43(3)50(48)54)38-37-42(2)39-40-56(52,44-30-23-20-24-31-44,45-32-25-21-26-33-45)46-34-27-22-28-35-46/h10-11,13-14,16-17,20-28,30-35,37-39,48H,6-9,12,15,18-19,29,36,40-41H2,1-5H3/b11-10-,14-13-,17-16-,38-37?,42-39?/t48-/m0/s1. The van der Waals surface area contributed by atoms with E-state index in [9.17, 15) is 9.59 Å². The minimum absolute atomic E-state index is 0.0930. The number of hydrogen-bond donors (Lipinski definition) is 0. The van der Waals surface area contributed by atoms with Crippen molar-refractivity contribution in [3.8, 4) is 0 Å². The van der Waals surface area contributed by atoms with Crippen molar-refractivity contribution in [1.82, 2.24) is 0 Å². The topological polar surface area (TPSA) is 43.4 Å². The molecule has 0 aliphatic heterocycles. The molecule has 0 saturated heterocycles. The van der Waals surface area contributed by atoms with Crippen molar-refractivity contribution < 1.29 is 14.3 Å². The van der Waals surface area contributed by atoms with Crippen LogP contribution in [0.15, 0.2) is 162 Å². The fourth-order valence-electron chi connectivity index (χ4n) is 7.61. The molecule has 56 heavy (non-hydrogen) atoms. The number of rotatable bonds is 21. The normalized spacial score (nSPS) is 17.3. The first-order chi connectivity index (χ1) is 27.0. The molecule has 0 radical (unpaired) electrons. The Balaban J connectivity index is 1.36. The number of hydrogen-bond acceptors (Lipinski definition) is 3. The third-order valence-electron chi connectivity index (χ3n) is 10.9. The Kier molecular flexibility index (Phi) is 17.8. The predicted molar refractivity (Wildman–Crippen MR) is 247 cm³/mol. The molecule has 0 heterocycles. The first kappa shape index (κ1) is 44.9. The van der Waals surface area contributed by atoms with Gasteiger partial charge in [-0.1, -0.05) is 56.2 Å². The van der Waals surface area contributed by atoms with Gasteiger partial charge in [0.1, 0.15) is 0 Å². The zero-order chi connectivity index (χ0) is 40.3. The summed E-state index contributed by atoms with van der Waals surface area (Å²) in [7, 11) is 0. The zero-order valence-corrected chi connectivity index (χ0v) is 36.9. The van der Waals surface area contributed by atoms with Gasteiger partial charge in [-0.05, 0) is 44.9 Å². The first-order valence-corrected chi connectivity index (χ1v) is 25.1. The van der Waals surface area contributed by atoms with Crippen LogP contribution >= 0.6 is 20.8 Å². The van der Waals surface area contributed by atoms with Crippen LogP contribution in [0.1, 0.15) is 105 Å². The fourth-order valence-corrected chi connectivity index (χ4v) is 14.7. The van der Waals surface area contributed by atoms with Crippen LogP contribution in [0.4, 0.5) is 0 Å². The van der Waals surface area contributed by atoms with E-state index in [1.807, 2.05) is 6.92 Å². The monoisotopic (exact) mass is 834 g/mol. The predicted octanol–water partition coefficient (Wildman–Crippen LogP) is 13.1. The van der Waals surface area contributed by atoms with Crippen LogP contribution in [0.2, 0.25) is 0 Å². The summed E-state index contributed by atoms with van der Waals surface area (Å²) in [4.78, 5) is 26.4. The van der Waals surface area contributed by atoms with E-state index in [-0.39, 0.29) is 17.2 Å².